The normalized spacial score (nSPS) is 13.2. The van der Waals surface area contributed by atoms with Crippen molar-refractivity contribution in [3.8, 4) is 5.75 Å². The van der Waals surface area contributed by atoms with E-state index in [0.29, 0.717) is 6.42 Å². The fourth-order valence-corrected chi connectivity index (χ4v) is 2.90. The minimum absolute atomic E-state index is 0.0749. The molecule has 0 saturated carbocycles. The highest BCUT2D eigenvalue weighted by Gasteiger charge is 2.31. The van der Waals surface area contributed by atoms with Crippen molar-refractivity contribution in [3.63, 3.8) is 0 Å². The van der Waals surface area contributed by atoms with Crippen molar-refractivity contribution in [3.05, 3.63) is 41.7 Å². The van der Waals surface area contributed by atoms with Crippen LogP contribution in [0.15, 0.2) is 30.3 Å². The number of benzene rings is 1. The lowest BCUT2D eigenvalue weighted by Gasteiger charge is -2.22. The van der Waals surface area contributed by atoms with Crippen LogP contribution in [0.2, 0.25) is 0 Å². The summed E-state index contributed by atoms with van der Waals surface area (Å²) in [6.07, 6.45) is -4.50. The van der Waals surface area contributed by atoms with Gasteiger partial charge in [-0.1, -0.05) is 13.0 Å². The molecule has 1 aromatic heterocycles. The Hall–Kier alpha value is -3.57. The van der Waals surface area contributed by atoms with Crippen LogP contribution in [0.1, 0.15) is 30.6 Å². The van der Waals surface area contributed by atoms with E-state index in [-0.39, 0.29) is 22.9 Å². The van der Waals surface area contributed by atoms with Crippen LogP contribution in [0.5, 0.6) is 5.75 Å². The van der Waals surface area contributed by atoms with E-state index >= 15 is 0 Å². The third-order valence-corrected chi connectivity index (χ3v) is 4.35. The highest BCUT2D eigenvalue weighted by atomic mass is 19.4. The summed E-state index contributed by atoms with van der Waals surface area (Å²) in [5.74, 6) is -4.16. The number of nitrogens with zero attached hydrogens (tertiary/aromatic N) is 1. The summed E-state index contributed by atoms with van der Waals surface area (Å²) in [7, 11) is 0. The van der Waals surface area contributed by atoms with Crippen molar-refractivity contribution in [2.75, 3.05) is 10.6 Å². The summed E-state index contributed by atoms with van der Waals surface area (Å²) < 4.78 is 55.7. The third-order valence-electron chi connectivity index (χ3n) is 4.35. The zero-order chi connectivity index (χ0) is 23.3. The summed E-state index contributed by atoms with van der Waals surface area (Å²) in [6.45, 7) is 3.34. The Morgan fingerprint density at radius 1 is 1.19 bits per heavy atom. The van der Waals surface area contributed by atoms with Crippen molar-refractivity contribution in [1.29, 1.82) is 0 Å². The minimum Gasteiger partial charge on any atom is -0.406 e. The lowest BCUT2D eigenvalue weighted by Crippen LogP contribution is -2.36. The van der Waals surface area contributed by atoms with E-state index in [1.165, 1.54) is 12.1 Å². The topological polar surface area (TPSA) is 132 Å². The van der Waals surface area contributed by atoms with Gasteiger partial charge in [0.1, 0.15) is 11.6 Å². The lowest BCUT2D eigenvalue weighted by atomic mass is 9.97. The second kappa shape index (κ2) is 9.49. The lowest BCUT2D eigenvalue weighted by molar-refractivity contribution is -0.274. The van der Waals surface area contributed by atoms with E-state index in [4.69, 9.17) is 11.5 Å². The molecule has 168 valence electrons. The van der Waals surface area contributed by atoms with Gasteiger partial charge in [0.2, 0.25) is 5.91 Å². The minimum atomic E-state index is -4.89. The number of ether oxygens (including phenoxy) is 1. The second-order valence-corrected chi connectivity index (χ2v) is 6.63. The maximum absolute atomic E-state index is 14.5. The van der Waals surface area contributed by atoms with Crippen LogP contribution >= 0.6 is 0 Å². The molecule has 0 fully saturated rings. The number of amides is 2. The van der Waals surface area contributed by atoms with Crippen molar-refractivity contribution < 1.29 is 31.9 Å². The Balaban J connectivity index is 2.38. The molecular formula is C19H21F4N5O3. The van der Waals surface area contributed by atoms with Gasteiger partial charge in [-0.3, -0.25) is 9.59 Å². The van der Waals surface area contributed by atoms with Gasteiger partial charge in [-0.2, -0.15) is 0 Å². The Morgan fingerprint density at radius 3 is 2.42 bits per heavy atom. The number of aromatic nitrogens is 1. The van der Waals surface area contributed by atoms with Gasteiger partial charge in [-0.25, -0.2) is 9.37 Å². The number of nitrogens with two attached hydrogens (primary N) is 2. The monoisotopic (exact) mass is 443 g/mol. The molecule has 6 N–H and O–H groups in total. The van der Waals surface area contributed by atoms with E-state index in [1.54, 1.807) is 13.8 Å². The molecular weight excluding hydrogens is 422 g/mol. The first-order valence-electron chi connectivity index (χ1n) is 9.10. The molecule has 0 saturated heterocycles. The SMILES string of the molecule is CCC(C(N)=O)C(C)Nc1nc(Nc2cccc(OC(F)(F)F)c2)c(C(N)=O)cc1F. The molecule has 0 bridgehead atoms. The first kappa shape index (κ1) is 23.7. The number of anilines is 3. The van der Waals surface area contributed by atoms with Crippen LogP contribution < -0.4 is 26.8 Å². The van der Waals surface area contributed by atoms with E-state index in [0.717, 1.165) is 18.2 Å². The van der Waals surface area contributed by atoms with Crippen LogP contribution in [0.25, 0.3) is 0 Å². The molecule has 2 atom stereocenters. The zero-order valence-electron chi connectivity index (χ0n) is 16.6. The molecule has 12 heteroatoms. The average Bonchev–Trinajstić information content (AvgIpc) is 2.63. The average molecular weight is 443 g/mol. The molecule has 1 aromatic carbocycles. The number of hydrogen-bond acceptors (Lipinski definition) is 6. The first-order chi connectivity index (χ1) is 14.4. The summed E-state index contributed by atoms with van der Waals surface area (Å²) in [6, 6.07) is 4.98. The van der Waals surface area contributed by atoms with E-state index in [2.05, 4.69) is 20.4 Å². The van der Waals surface area contributed by atoms with Crippen LogP contribution in [0.3, 0.4) is 0 Å². The van der Waals surface area contributed by atoms with Gasteiger partial charge in [-0.15, -0.1) is 13.2 Å². The summed E-state index contributed by atoms with van der Waals surface area (Å²) in [5.41, 5.74) is 10.3. The van der Waals surface area contributed by atoms with Crippen molar-refractivity contribution in [2.24, 2.45) is 17.4 Å². The molecule has 8 nitrogen and oxygen atoms in total. The maximum atomic E-state index is 14.5. The smallest absolute Gasteiger partial charge is 0.406 e. The number of nitrogens with one attached hydrogen (secondary N) is 2. The van der Waals surface area contributed by atoms with Gasteiger partial charge < -0.3 is 26.8 Å². The number of rotatable bonds is 9. The molecule has 0 aliphatic rings. The molecule has 2 unspecified atom stereocenters. The molecule has 2 rings (SSSR count). The molecule has 2 aromatic rings. The second-order valence-electron chi connectivity index (χ2n) is 6.63. The van der Waals surface area contributed by atoms with Crippen LogP contribution in [-0.2, 0) is 4.79 Å². The number of primary amides is 2. The number of hydrogen-bond donors (Lipinski definition) is 4. The van der Waals surface area contributed by atoms with E-state index in [9.17, 15) is 27.2 Å². The number of carbonyl (C=O) groups is 2. The summed E-state index contributed by atoms with van der Waals surface area (Å²) in [4.78, 5) is 27.2. The summed E-state index contributed by atoms with van der Waals surface area (Å²) in [5, 5.41) is 5.35. The highest BCUT2D eigenvalue weighted by Crippen LogP contribution is 2.29. The van der Waals surface area contributed by atoms with Gasteiger partial charge in [0.05, 0.1) is 11.5 Å². The van der Waals surface area contributed by atoms with Crippen molar-refractivity contribution in [1.82, 2.24) is 4.98 Å². The van der Waals surface area contributed by atoms with E-state index in [1.807, 2.05) is 0 Å². The Bertz CT molecular complexity index is 968. The van der Waals surface area contributed by atoms with Crippen LogP contribution in [0, 0.1) is 11.7 Å². The molecule has 2 amide bonds. The fourth-order valence-electron chi connectivity index (χ4n) is 2.90. The Labute approximate surface area is 175 Å². The number of pyridine rings is 1. The molecule has 0 radical (unpaired) electrons. The predicted molar refractivity (Wildman–Crippen MR) is 105 cm³/mol. The zero-order valence-corrected chi connectivity index (χ0v) is 16.6. The molecule has 0 spiro atoms. The Kier molecular flexibility index (Phi) is 7.26. The van der Waals surface area contributed by atoms with Gasteiger partial charge in [0.25, 0.3) is 5.91 Å². The van der Waals surface area contributed by atoms with E-state index < -0.39 is 41.7 Å². The van der Waals surface area contributed by atoms with Crippen molar-refractivity contribution in [2.45, 2.75) is 32.7 Å². The maximum Gasteiger partial charge on any atom is 0.573 e. The molecule has 31 heavy (non-hydrogen) atoms. The molecule has 0 aliphatic carbocycles. The third kappa shape index (κ3) is 6.46. The summed E-state index contributed by atoms with van der Waals surface area (Å²) >= 11 is 0. The van der Waals surface area contributed by atoms with Gasteiger partial charge >= 0.3 is 6.36 Å². The van der Waals surface area contributed by atoms with Gasteiger partial charge in [0, 0.05) is 17.8 Å². The van der Waals surface area contributed by atoms with Crippen molar-refractivity contribution >= 4 is 29.1 Å². The highest BCUT2D eigenvalue weighted by molar-refractivity contribution is 5.98. The quantitative estimate of drug-likeness (QED) is 0.440. The predicted octanol–water partition coefficient (Wildman–Crippen LogP) is 3.27. The van der Waals surface area contributed by atoms with Crippen LogP contribution in [-0.4, -0.2) is 29.2 Å². The van der Waals surface area contributed by atoms with Crippen LogP contribution in [0.4, 0.5) is 34.9 Å². The van der Waals surface area contributed by atoms with Gasteiger partial charge in [-0.05, 0) is 31.5 Å². The standard InChI is InChI=1S/C19H21F4N5O3/c1-3-12(15(24)29)9(2)26-18-14(20)8-13(16(25)30)17(28-18)27-10-5-4-6-11(7-10)31-19(21,22)23/h4-9,12H,3H2,1-2H3,(H2,24,29)(H2,25,30)(H2,26,27,28). The number of alkyl halides is 3. The molecule has 0 aliphatic heterocycles. The number of halogens is 4. The Morgan fingerprint density at radius 2 is 1.87 bits per heavy atom. The number of carbonyl (C=O) groups excluding carboxylic acids is 2. The largest absolute Gasteiger partial charge is 0.573 e. The fraction of sp³-hybridized carbons (Fsp3) is 0.316. The molecule has 1 heterocycles. The first-order valence-corrected chi connectivity index (χ1v) is 9.10. The van der Waals surface area contributed by atoms with Gasteiger partial charge in [0.15, 0.2) is 11.6 Å².